The van der Waals surface area contributed by atoms with Gasteiger partial charge in [0, 0.05) is 0 Å². The highest BCUT2D eigenvalue weighted by atomic mass is 16.5. The van der Waals surface area contributed by atoms with Gasteiger partial charge in [-0.1, -0.05) is 5.16 Å². The maximum Gasteiger partial charge on any atom is 0.343 e. The highest BCUT2D eigenvalue weighted by Gasteiger charge is 2.19. The summed E-state index contributed by atoms with van der Waals surface area (Å²) in [4.78, 5) is 11.5. The quantitative estimate of drug-likeness (QED) is 0.721. The first-order valence-corrected chi connectivity index (χ1v) is 4.47. The van der Waals surface area contributed by atoms with Crippen molar-refractivity contribution >= 4 is 5.97 Å². The molecule has 78 valence electrons. The van der Waals surface area contributed by atoms with Crippen LogP contribution in [-0.2, 0) is 4.74 Å². The highest BCUT2D eigenvalue weighted by molar-refractivity contribution is 5.95. The van der Waals surface area contributed by atoms with E-state index in [1.54, 1.807) is 13.0 Å². The van der Waals surface area contributed by atoms with Crippen LogP contribution in [0.3, 0.4) is 0 Å². The van der Waals surface area contributed by atoms with Crippen molar-refractivity contribution in [2.24, 2.45) is 0 Å². The second-order valence-corrected chi connectivity index (χ2v) is 2.80. The largest absolute Gasteiger partial charge is 0.472 e. The standard InChI is InChI=1S/C10H9NO4/c1-2-14-10(12)8-5-11-15-9(8)7-3-4-13-6-7/h3-6H,2H2,1H3. The summed E-state index contributed by atoms with van der Waals surface area (Å²) in [6.07, 6.45) is 4.30. The summed E-state index contributed by atoms with van der Waals surface area (Å²) in [5.41, 5.74) is 0.966. The van der Waals surface area contributed by atoms with E-state index in [0.717, 1.165) is 0 Å². The van der Waals surface area contributed by atoms with Crippen molar-refractivity contribution in [1.29, 1.82) is 0 Å². The first-order valence-electron chi connectivity index (χ1n) is 4.47. The Bertz CT molecular complexity index is 444. The average Bonchev–Trinajstić information content (AvgIpc) is 2.88. The Morgan fingerprint density at radius 2 is 2.47 bits per heavy atom. The number of esters is 1. The summed E-state index contributed by atoms with van der Waals surface area (Å²) in [6, 6.07) is 1.68. The van der Waals surface area contributed by atoms with E-state index in [1.807, 2.05) is 0 Å². The van der Waals surface area contributed by atoms with Gasteiger partial charge >= 0.3 is 5.97 Å². The maximum atomic E-state index is 11.5. The number of furan rings is 1. The van der Waals surface area contributed by atoms with Crippen LogP contribution < -0.4 is 0 Å². The lowest BCUT2D eigenvalue weighted by atomic mass is 10.2. The van der Waals surface area contributed by atoms with E-state index < -0.39 is 5.97 Å². The number of hydrogen-bond donors (Lipinski definition) is 0. The predicted octanol–water partition coefficient (Wildman–Crippen LogP) is 2.11. The van der Waals surface area contributed by atoms with Crippen molar-refractivity contribution in [2.45, 2.75) is 6.92 Å². The molecule has 15 heavy (non-hydrogen) atoms. The minimum atomic E-state index is -0.449. The summed E-state index contributed by atoms with van der Waals surface area (Å²) < 4.78 is 14.7. The van der Waals surface area contributed by atoms with Crippen molar-refractivity contribution in [3.05, 3.63) is 30.4 Å². The van der Waals surface area contributed by atoms with E-state index in [1.165, 1.54) is 18.7 Å². The van der Waals surface area contributed by atoms with E-state index in [2.05, 4.69) is 5.16 Å². The summed E-state index contributed by atoms with van der Waals surface area (Å²) in [5.74, 6) is -0.0860. The topological polar surface area (TPSA) is 65.5 Å². The zero-order valence-corrected chi connectivity index (χ0v) is 8.10. The Balaban J connectivity index is 2.34. The molecule has 0 fully saturated rings. The third-order valence-electron chi connectivity index (χ3n) is 1.85. The molecular weight excluding hydrogens is 198 g/mol. The molecule has 0 unspecified atom stereocenters. The normalized spacial score (nSPS) is 10.2. The fraction of sp³-hybridized carbons (Fsp3) is 0.200. The van der Waals surface area contributed by atoms with E-state index in [9.17, 15) is 4.79 Å². The number of hydrogen-bond acceptors (Lipinski definition) is 5. The van der Waals surface area contributed by atoms with Crippen molar-refractivity contribution < 1.29 is 18.5 Å². The molecule has 5 nitrogen and oxygen atoms in total. The molecule has 0 atom stereocenters. The number of aromatic nitrogens is 1. The van der Waals surface area contributed by atoms with Gasteiger partial charge < -0.3 is 13.7 Å². The number of ether oxygens (including phenoxy) is 1. The van der Waals surface area contributed by atoms with Crippen molar-refractivity contribution in [1.82, 2.24) is 5.16 Å². The van der Waals surface area contributed by atoms with Gasteiger partial charge in [-0.2, -0.15) is 0 Å². The van der Waals surface area contributed by atoms with Crippen LogP contribution in [-0.4, -0.2) is 17.7 Å². The molecule has 0 saturated heterocycles. The van der Waals surface area contributed by atoms with Crippen LogP contribution in [0.2, 0.25) is 0 Å². The van der Waals surface area contributed by atoms with Crippen molar-refractivity contribution in [3.63, 3.8) is 0 Å². The number of carbonyl (C=O) groups excluding carboxylic acids is 1. The Hall–Kier alpha value is -2.04. The molecule has 0 aliphatic carbocycles. The molecular formula is C10H9NO4. The fourth-order valence-corrected chi connectivity index (χ4v) is 1.20. The molecule has 0 spiro atoms. The monoisotopic (exact) mass is 207 g/mol. The van der Waals surface area contributed by atoms with Crippen LogP contribution in [0.15, 0.2) is 33.7 Å². The van der Waals surface area contributed by atoms with Crippen molar-refractivity contribution in [2.75, 3.05) is 6.61 Å². The van der Waals surface area contributed by atoms with E-state index >= 15 is 0 Å². The zero-order chi connectivity index (χ0) is 10.7. The maximum absolute atomic E-state index is 11.5. The van der Waals surface area contributed by atoms with Crippen LogP contribution in [0.25, 0.3) is 11.3 Å². The van der Waals surface area contributed by atoms with Gasteiger partial charge in [0.15, 0.2) is 5.76 Å². The molecule has 0 saturated carbocycles. The van der Waals surface area contributed by atoms with Gasteiger partial charge in [-0.15, -0.1) is 0 Å². The summed E-state index contributed by atoms with van der Waals surface area (Å²) >= 11 is 0. The molecule has 2 heterocycles. The van der Waals surface area contributed by atoms with Crippen LogP contribution in [0.1, 0.15) is 17.3 Å². The molecule has 0 aromatic carbocycles. The van der Waals surface area contributed by atoms with Gasteiger partial charge in [-0.05, 0) is 13.0 Å². The molecule has 0 aliphatic heterocycles. The molecule has 2 aromatic rings. The summed E-state index contributed by atoms with van der Waals surface area (Å²) in [5, 5.41) is 3.56. The minimum absolute atomic E-state index is 0.304. The van der Waals surface area contributed by atoms with Gasteiger partial charge in [0.1, 0.15) is 11.8 Å². The Morgan fingerprint density at radius 1 is 1.60 bits per heavy atom. The van der Waals surface area contributed by atoms with Crippen LogP contribution in [0.5, 0.6) is 0 Å². The van der Waals surface area contributed by atoms with E-state index in [4.69, 9.17) is 13.7 Å². The molecule has 0 amide bonds. The first-order chi connectivity index (χ1) is 7.33. The lowest BCUT2D eigenvalue weighted by Crippen LogP contribution is -2.04. The summed E-state index contributed by atoms with van der Waals surface area (Å²) in [7, 11) is 0. The second kappa shape index (κ2) is 4.00. The molecule has 0 bridgehead atoms. The average molecular weight is 207 g/mol. The lowest BCUT2D eigenvalue weighted by molar-refractivity contribution is 0.0527. The highest BCUT2D eigenvalue weighted by Crippen LogP contribution is 2.24. The van der Waals surface area contributed by atoms with Crippen molar-refractivity contribution in [3.8, 4) is 11.3 Å². The lowest BCUT2D eigenvalue weighted by Gasteiger charge is -1.98. The van der Waals surface area contributed by atoms with Gasteiger partial charge in [0.25, 0.3) is 0 Å². The molecule has 0 aliphatic rings. The molecule has 5 heteroatoms. The van der Waals surface area contributed by atoms with Gasteiger partial charge in [0.2, 0.25) is 0 Å². The van der Waals surface area contributed by atoms with E-state index in [-0.39, 0.29) is 0 Å². The van der Waals surface area contributed by atoms with E-state index in [0.29, 0.717) is 23.5 Å². The second-order valence-electron chi connectivity index (χ2n) is 2.80. The third-order valence-corrected chi connectivity index (χ3v) is 1.85. The Labute approximate surface area is 85.6 Å². The fourth-order valence-electron chi connectivity index (χ4n) is 1.20. The number of nitrogens with zero attached hydrogens (tertiary/aromatic N) is 1. The first kappa shape index (κ1) is 9.51. The molecule has 0 radical (unpaired) electrons. The number of rotatable bonds is 3. The molecule has 2 aromatic heterocycles. The Morgan fingerprint density at radius 3 is 3.13 bits per heavy atom. The van der Waals surface area contributed by atoms with Gasteiger partial charge in [0.05, 0.1) is 24.6 Å². The zero-order valence-electron chi connectivity index (χ0n) is 8.10. The van der Waals surface area contributed by atoms with Crippen LogP contribution >= 0.6 is 0 Å². The van der Waals surface area contributed by atoms with Gasteiger partial charge in [-0.3, -0.25) is 0 Å². The smallest absolute Gasteiger partial charge is 0.343 e. The predicted molar refractivity (Wildman–Crippen MR) is 50.2 cm³/mol. The molecule has 0 N–H and O–H groups in total. The number of carbonyl (C=O) groups is 1. The van der Waals surface area contributed by atoms with Crippen LogP contribution in [0.4, 0.5) is 0 Å². The third kappa shape index (κ3) is 1.76. The van der Waals surface area contributed by atoms with Crippen LogP contribution in [0, 0.1) is 0 Å². The van der Waals surface area contributed by atoms with Gasteiger partial charge in [-0.25, -0.2) is 4.79 Å². The molecule has 2 rings (SSSR count). The minimum Gasteiger partial charge on any atom is -0.472 e. The SMILES string of the molecule is CCOC(=O)c1cnoc1-c1ccoc1. The Kier molecular flexibility index (Phi) is 2.53. The summed E-state index contributed by atoms with van der Waals surface area (Å²) in [6.45, 7) is 2.05.